The maximum atomic E-state index is 12.4. The standard InChI is InChI=1S/C23H33N3O2/c1-18-7-9-19(10-8-18)11-12-22(27)24-17-23(28)26-15-13-21(14-16-26)25(2)20-5-3-4-6-20/h7-12,20-21H,3-6,13-17H2,1-2H3,(H,24,27)/b12-11+. The zero-order valence-electron chi connectivity index (χ0n) is 17.2. The van der Waals surface area contributed by atoms with Gasteiger partial charge in [-0.3, -0.25) is 9.59 Å². The summed E-state index contributed by atoms with van der Waals surface area (Å²) in [6, 6.07) is 9.27. The molecule has 1 saturated heterocycles. The van der Waals surface area contributed by atoms with Crippen LogP contribution in [0.1, 0.15) is 49.7 Å². The molecular weight excluding hydrogens is 350 g/mol. The van der Waals surface area contributed by atoms with Crippen LogP contribution in [0, 0.1) is 6.92 Å². The molecule has 0 spiro atoms. The highest BCUT2D eigenvalue weighted by molar-refractivity contribution is 5.94. The zero-order valence-corrected chi connectivity index (χ0v) is 17.2. The molecule has 152 valence electrons. The van der Waals surface area contributed by atoms with E-state index in [4.69, 9.17) is 0 Å². The molecule has 2 amide bonds. The summed E-state index contributed by atoms with van der Waals surface area (Å²) in [4.78, 5) is 28.8. The first-order chi connectivity index (χ1) is 13.5. The average molecular weight is 384 g/mol. The summed E-state index contributed by atoms with van der Waals surface area (Å²) >= 11 is 0. The molecule has 1 aromatic rings. The van der Waals surface area contributed by atoms with Crippen LogP contribution in [-0.4, -0.2) is 60.4 Å². The van der Waals surface area contributed by atoms with Gasteiger partial charge in [0, 0.05) is 31.2 Å². The van der Waals surface area contributed by atoms with Gasteiger partial charge in [-0.25, -0.2) is 0 Å². The highest BCUT2D eigenvalue weighted by Crippen LogP contribution is 2.27. The number of carbonyl (C=O) groups is 2. The van der Waals surface area contributed by atoms with Gasteiger partial charge in [0.05, 0.1) is 6.54 Å². The molecule has 1 N–H and O–H groups in total. The summed E-state index contributed by atoms with van der Waals surface area (Å²) < 4.78 is 0. The molecular formula is C23H33N3O2. The minimum Gasteiger partial charge on any atom is -0.343 e. The van der Waals surface area contributed by atoms with Crippen LogP contribution in [0.4, 0.5) is 0 Å². The maximum Gasteiger partial charge on any atom is 0.244 e. The molecule has 5 nitrogen and oxygen atoms in total. The molecule has 28 heavy (non-hydrogen) atoms. The Morgan fingerprint density at radius 1 is 1.07 bits per heavy atom. The quantitative estimate of drug-likeness (QED) is 0.769. The molecule has 0 unspecified atom stereocenters. The van der Waals surface area contributed by atoms with Gasteiger partial charge in [0.25, 0.3) is 0 Å². The molecule has 0 aromatic heterocycles. The second kappa shape index (κ2) is 9.87. The number of piperidine rings is 1. The second-order valence-electron chi connectivity index (χ2n) is 8.18. The van der Waals surface area contributed by atoms with Crippen LogP contribution in [0.15, 0.2) is 30.3 Å². The van der Waals surface area contributed by atoms with Crippen LogP contribution in [0.3, 0.4) is 0 Å². The van der Waals surface area contributed by atoms with Crippen LogP contribution in [0.25, 0.3) is 6.08 Å². The number of rotatable bonds is 6. The van der Waals surface area contributed by atoms with E-state index >= 15 is 0 Å². The number of nitrogens with zero attached hydrogens (tertiary/aromatic N) is 2. The van der Waals surface area contributed by atoms with E-state index < -0.39 is 0 Å². The van der Waals surface area contributed by atoms with Crippen molar-refractivity contribution in [2.45, 2.75) is 57.5 Å². The fraction of sp³-hybridized carbons (Fsp3) is 0.565. The predicted octanol–water partition coefficient (Wildman–Crippen LogP) is 2.99. The van der Waals surface area contributed by atoms with Crippen molar-refractivity contribution in [1.29, 1.82) is 0 Å². The molecule has 0 atom stereocenters. The van der Waals surface area contributed by atoms with Crippen molar-refractivity contribution >= 4 is 17.9 Å². The molecule has 1 aliphatic carbocycles. The van der Waals surface area contributed by atoms with Crippen molar-refractivity contribution in [1.82, 2.24) is 15.1 Å². The number of benzene rings is 1. The molecule has 2 fully saturated rings. The minimum absolute atomic E-state index is 0.0130. The number of nitrogens with one attached hydrogen (secondary N) is 1. The van der Waals surface area contributed by atoms with Gasteiger partial charge < -0.3 is 15.1 Å². The number of amides is 2. The number of hydrogen-bond acceptors (Lipinski definition) is 3. The lowest BCUT2D eigenvalue weighted by molar-refractivity contribution is -0.133. The number of carbonyl (C=O) groups excluding carboxylic acids is 2. The van der Waals surface area contributed by atoms with Crippen molar-refractivity contribution < 1.29 is 9.59 Å². The van der Waals surface area contributed by atoms with Gasteiger partial charge in [-0.2, -0.15) is 0 Å². The first kappa shape index (κ1) is 20.6. The predicted molar refractivity (Wildman–Crippen MR) is 113 cm³/mol. The molecule has 1 aliphatic heterocycles. The largest absolute Gasteiger partial charge is 0.343 e. The summed E-state index contributed by atoms with van der Waals surface area (Å²) in [5.74, 6) is -0.219. The van der Waals surface area contributed by atoms with E-state index in [9.17, 15) is 9.59 Å². The fourth-order valence-corrected chi connectivity index (χ4v) is 4.32. The van der Waals surface area contributed by atoms with Crippen LogP contribution in [-0.2, 0) is 9.59 Å². The lowest BCUT2D eigenvalue weighted by Gasteiger charge is -2.39. The lowest BCUT2D eigenvalue weighted by Crippen LogP contribution is -2.49. The summed E-state index contributed by atoms with van der Waals surface area (Å²) in [6.07, 6.45) is 10.6. The van der Waals surface area contributed by atoms with E-state index in [0.717, 1.165) is 37.5 Å². The van der Waals surface area contributed by atoms with Crippen LogP contribution in [0.5, 0.6) is 0 Å². The maximum absolute atomic E-state index is 12.4. The van der Waals surface area contributed by atoms with Gasteiger partial charge in [-0.15, -0.1) is 0 Å². The molecule has 1 saturated carbocycles. The number of hydrogen-bond donors (Lipinski definition) is 1. The molecule has 3 rings (SSSR count). The van der Waals surface area contributed by atoms with Crippen molar-refractivity contribution in [2.24, 2.45) is 0 Å². The van der Waals surface area contributed by atoms with Crippen molar-refractivity contribution in [3.05, 3.63) is 41.5 Å². The molecule has 1 aromatic carbocycles. The van der Waals surface area contributed by atoms with Crippen LogP contribution < -0.4 is 5.32 Å². The van der Waals surface area contributed by atoms with E-state index in [0.29, 0.717) is 6.04 Å². The van der Waals surface area contributed by atoms with E-state index in [2.05, 4.69) is 17.3 Å². The third-order valence-electron chi connectivity index (χ3n) is 6.21. The Kier molecular flexibility index (Phi) is 7.26. The Labute approximate surface area is 168 Å². The lowest BCUT2D eigenvalue weighted by atomic mass is 10.0. The Balaban J connectivity index is 1.38. The van der Waals surface area contributed by atoms with E-state index in [1.807, 2.05) is 36.1 Å². The Morgan fingerprint density at radius 2 is 1.68 bits per heavy atom. The van der Waals surface area contributed by atoms with Gasteiger partial charge in [0.15, 0.2) is 0 Å². The molecule has 0 radical (unpaired) electrons. The molecule has 0 bridgehead atoms. The molecule has 1 heterocycles. The van der Waals surface area contributed by atoms with Crippen LogP contribution >= 0.6 is 0 Å². The third-order valence-corrected chi connectivity index (χ3v) is 6.21. The number of aryl methyl sites for hydroxylation is 1. The SMILES string of the molecule is Cc1ccc(/C=C/C(=O)NCC(=O)N2CCC(N(C)C3CCCC3)CC2)cc1. The van der Waals surface area contributed by atoms with E-state index in [1.165, 1.54) is 37.3 Å². The highest BCUT2D eigenvalue weighted by atomic mass is 16.2. The van der Waals surface area contributed by atoms with Gasteiger partial charge in [-0.1, -0.05) is 42.7 Å². The fourth-order valence-electron chi connectivity index (χ4n) is 4.32. The second-order valence-corrected chi connectivity index (χ2v) is 8.18. The van der Waals surface area contributed by atoms with E-state index in [-0.39, 0.29) is 18.4 Å². The first-order valence-corrected chi connectivity index (χ1v) is 10.6. The summed E-state index contributed by atoms with van der Waals surface area (Å²) in [7, 11) is 2.25. The summed E-state index contributed by atoms with van der Waals surface area (Å²) in [5.41, 5.74) is 2.16. The van der Waals surface area contributed by atoms with Crippen molar-refractivity contribution in [2.75, 3.05) is 26.7 Å². The van der Waals surface area contributed by atoms with Crippen molar-refractivity contribution in [3.63, 3.8) is 0 Å². The van der Waals surface area contributed by atoms with Gasteiger partial charge >= 0.3 is 0 Å². The molecule has 2 aliphatic rings. The topological polar surface area (TPSA) is 52.7 Å². The van der Waals surface area contributed by atoms with Gasteiger partial charge in [-0.05, 0) is 51.3 Å². The highest BCUT2D eigenvalue weighted by Gasteiger charge is 2.29. The first-order valence-electron chi connectivity index (χ1n) is 10.6. The van der Waals surface area contributed by atoms with E-state index in [1.54, 1.807) is 6.08 Å². The summed E-state index contributed by atoms with van der Waals surface area (Å²) in [6.45, 7) is 3.67. The summed E-state index contributed by atoms with van der Waals surface area (Å²) in [5, 5.41) is 2.71. The smallest absolute Gasteiger partial charge is 0.244 e. The monoisotopic (exact) mass is 383 g/mol. The minimum atomic E-state index is -0.232. The average Bonchev–Trinajstić information content (AvgIpc) is 3.26. The zero-order chi connectivity index (χ0) is 19.9. The Morgan fingerprint density at radius 3 is 2.32 bits per heavy atom. The number of likely N-dealkylation sites (tertiary alicyclic amines) is 1. The Bertz CT molecular complexity index is 684. The van der Waals surface area contributed by atoms with Crippen LogP contribution in [0.2, 0.25) is 0 Å². The third kappa shape index (κ3) is 5.68. The van der Waals surface area contributed by atoms with Gasteiger partial charge in [0.2, 0.25) is 11.8 Å². The normalized spacial score (nSPS) is 18.9. The van der Waals surface area contributed by atoms with Crippen molar-refractivity contribution in [3.8, 4) is 0 Å². The molecule has 5 heteroatoms. The van der Waals surface area contributed by atoms with Gasteiger partial charge in [0.1, 0.15) is 0 Å². The Hall–Kier alpha value is -2.14.